The van der Waals surface area contributed by atoms with Crippen molar-refractivity contribution < 1.29 is 32.7 Å². The standard InChI is InChI=1S/C10H13.C3H7.Y/c1-9(2)8-10-6-4-3-5-7-10;1-3-2;/h4-7,9H,8H2,1-2H3;3H,1-2H3;/q2*-1;. The predicted octanol–water partition coefficient (Wildman–Crippen LogP) is 3.91. The second-order valence-electron chi connectivity index (χ2n) is 3.58. The van der Waals surface area contributed by atoms with Gasteiger partial charge in [0.05, 0.1) is 0 Å². The molecule has 0 aliphatic heterocycles. The molecule has 0 unspecified atom stereocenters. The molecule has 0 nitrogen and oxygen atoms in total. The summed E-state index contributed by atoms with van der Waals surface area (Å²) in [7, 11) is 0. The van der Waals surface area contributed by atoms with E-state index in [0.717, 1.165) is 5.92 Å². The Hall–Kier alpha value is 0.324. The topological polar surface area (TPSA) is 0 Å². The van der Waals surface area contributed by atoms with Gasteiger partial charge >= 0.3 is 0 Å². The summed E-state index contributed by atoms with van der Waals surface area (Å²) in [4.78, 5) is 0. The maximum Gasteiger partial charge on any atom is 0 e. The zero-order chi connectivity index (χ0) is 10.1. The third kappa shape index (κ3) is 10.4. The van der Waals surface area contributed by atoms with Crippen molar-refractivity contribution in [2.45, 2.75) is 34.1 Å². The maximum atomic E-state index is 3.01. The van der Waals surface area contributed by atoms with Crippen LogP contribution in [0.4, 0.5) is 0 Å². The summed E-state index contributed by atoms with van der Waals surface area (Å²) >= 11 is 0. The van der Waals surface area contributed by atoms with Gasteiger partial charge in [-0.2, -0.15) is 49.7 Å². The third-order valence-electron chi connectivity index (χ3n) is 1.43. The van der Waals surface area contributed by atoms with Crippen LogP contribution in [0.1, 0.15) is 33.3 Å². The molecule has 77 valence electrons. The van der Waals surface area contributed by atoms with Gasteiger partial charge in [0.25, 0.3) is 0 Å². The summed E-state index contributed by atoms with van der Waals surface area (Å²) in [5, 5.41) is 0. The van der Waals surface area contributed by atoms with Gasteiger partial charge in [-0.25, -0.2) is 0 Å². The summed E-state index contributed by atoms with van der Waals surface area (Å²) in [6.07, 6.45) is 3.18. The van der Waals surface area contributed by atoms with Gasteiger partial charge in [-0.15, -0.1) is 0 Å². The van der Waals surface area contributed by atoms with E-state index in [1.807, 2.05) is 32.4 Å². The molecule has 0 aromatic heterocycles. The fourth-order valence-corrected chi connectivity index (χ4v) is 1.03. The van der Waals surface area contributed by atoms with Crippen LogP contribution in [0.15, 0.2) is 24.3 Å². The van der Waals surface area contributed by atoms with Crippen LogP contribution in [0, 0.1) is 18.4 Å². The van der Waals surface area contributed by atoms with Crippen molar-refractivity contribution in [2.75, 3.05) is 0 Å². The molecular weight excluding hydrogens is 245 g/mol. The average molecular weight is 265 g/mol. The molecule has 1 aromatic carbocycles. The van der Waals surface area contributed by atoms with Crippen molar-refractivity contribution in [1.82, 2.24) is 0 Å². The van der Waals surface area contributed by atoms with Crippen molar-refractivity contribution in [2.24, 2.45) is 5.92 Å². The van der Waals surface area contributed by atoms with Gasteiger partial charge in [0.1, 0.15) is 0 Å². The van der Waals surface area contributed by atoms with Crippen LogP contribution in [0.3, 0.4) is 0 Å². The van der Waals surface area contributed by atoms with Crippen LogP contribution in [-0.2, 0) is 39.1 Å². The summed E-state index contributed by atoms with van der Waals surface area (Å²) in [5.74, 6) is 0.752. The fraction of sp³-hybridized carbons (Fsp3) is 0.462. The molecule has 0 saturated heterocycles. The first-order valence-corrected chi connectivity index (χ1v) is 4.89. The van der Waals surface area contributed by atoms with E-state index < -0.39 is 0 Å². The Balaban J connectivity index is 0. The summed E-state index contributed by atoms with van der Waals surface area (Å²) in [6, 6.07) is 11.2. The summed E-state index contributed by atoms with van der Waals surface area (Å²) < 4.78 is 0. The number of hydrogen-bond donors (Lipinski definition) is 0. The van der Waals surface area contributed by atoms with Crippen LogP contribution >= 0.6 is 0 Å². The van der Waals surface area contributed by atoms with E-state index in [1.54, 1.807) is 0 Å². The number of hydrogen-bond acceptors (Lipinski definition) is 0. The van der Waals surface area contributed by atoms with Crippen molar-refractivity contribution >= 4 is 0 Å². The van der Waals surface area contributed by atoms with E-state index >= 15 is 0 Å². The second-order valence-corrected chi connectivity index (χ2v) is 3.58. The Morgan fingerprint density at radius 1 is 1.21 bits per heavy atom. The van der Waals surface area contributed by atoms with Crippen molar-refractivity contribution in [1.29, 1.82) is 0 Å². The van der Waals surface area contributed by atoms with Gasteiger partial charge in [0.2, 0.25) is 0 Å². The molecule has 1 aromatic rings. The molecule has 14 heavy (non-hydrogen) atoms. The van der Waals surface area contributed by atoms with Crippen molar-refractivity contribution in [3.05, 3.63) is 42.3 Å². The molecule has 1 radical (unpaired) electrons. The minimum absolute atomic E-state index is 0. The molecular formula is C13H20Y-2. The molecule has 0 spiro atoms. The Morgan fingerprint density at radius 3 is 2.00 bits per heavy atom. The molecule has 0 fully saturated rings. The Labute approximate surface area is 114 Å². The van der Waals surface area contributed by atoms with E-state index in [2.05, 4.69) is 32.0 Å². The first-order valence-electron chi connectivity index (χ1n) is 4.89. The zero-order valence-electron chi connectivity index (χ0n) is 9.75. The molecule has 0 atom stereocenters. The van der Waals surface area contributed by atoms with Gasteiger partial charge < -0.3 is 6.42 Å². The van der Waals surface area contributed by atoms with Crippen LogP contribution in [-0.4, -0.2) is 0 Å². The fourth-order valence-electron chi connectivity index (χ4n) is 1.03. The third-order valence-corrected chi connectivity index (χ3v) is 1.43. The molecule has 0 amide bonds. The van der Waals surface area contributed by atoms with Gasteiger partial charge in [0.15, 0.2) is 0 Å². The Bertz CT molecular complexity index is 192. The second kappa shape index (κ2) is 11.4. The minimum atomic E-state index is 0. The van der Waals surface area contributed by atoms with Crippen molar-refractivity contribution in [3.8, 4) is 0 Å². The van der Waals surface area contributed by atoms with E-state index in [1.165, 1.54) is 12.0 Å². The van der Waals surface area contributed by atoms with E-state index in [0.29, 0.717) is 0 Å². The summed E-state index contributed by atoms with van der Waals surface area (Å²) in [6.45, 7) is 8.47. The first-order chi connectivity index (χ1) is 6.20. The Morgan fingerprint density at radius 2 is 1.64 bits per heavy atom. The van der Waals surface area contributed by atoms with Gasteiger partial charge in [-0.05, 0) is 12.3 Å². The van der Waals surface area contributed by atoms with E-state index in [4.69, 9.17) is 0 Å². The molecule has 0 N–H and O–H groups in total. The zero-order valence-corrected chi connectivity index (χ0v) is 12.6. The van der Waals surface area contributed by atoms with Crippen molar-refractivity contribution in [3.63, 3.8) is 0 Å². The van der Waals surface area contributed by atoms with Crippen LogP contribution in [0.25, 0.3) is 0 Å². The molecule has 1 heteroatoms. The molecule has 0 heterocycles. The Kier molecular flexibility index (Phi) is 13.6. The minimum Gasteiger partial charge on any atom is -0.335 e. The molecule has 0 saturated carbocycles. The first kappa shape index (κ1) is 16.7. The molecule has 0 bridgehead atoms. The molecule has 0 aliphatic rings. The van der Waals surface area contributed by atoms with Crippen LogP contribution in [0.5, 0.6) is 0 Å². The quantitative estimate of drug-likeness (QED) is 0.711. The smallest absolute Gasteiger partial charge is 0 e. The molecule has 1 rings (SSSR count). The summed E-state index contributed by atoms with van der Waals surface area (Å²) in [5.41, 5.74) is 1.41. The number of benzene rings is 1. The number of rotatable bonds is 2. The average Bonchev–Trinajstić information content (AvgIpc) is 2.06. The monoisotopic (exact) mass is 265 g/mol. The van der Waals surface area contributed by atoms with Crippen LogP contribution < -0.4 is 0 Å². The van der Waals surface area contributed by atoms with Gasteiger partial charge in [-0.3, -0.25) is 0 Å². The SMILES string of the molecule is CC(C)Cc1cc[c-]cc1.C[CH-]C.[Y]. The van der Waals surface area contributed by atoms with Gasteiger partial charge in [-0.1, -0.05) is 13.8 Å². The predicted molar refractivity (Wildman–Crippen MR) is 59.5 cm³/mol. The normalized spacial score (nSPS) is 8.64. The van der Waals surface area contributed by atoms with Gasteiger partial charge in [0, 0.05) is 32.7 Å². The van der Waals surface area contributed by atoms with E-state index in [9.17, 15) is 0 Å². The maximum absolute atomic E-state index is 3.01. The largest absolute Gasteiger partial charge is 0.335 e. The molecule has 0 aliphatic carbocycles. The van der Waals surface area contributed by atoms with E-state index in [-0.39, 0.29) is 32.7 Å². The van der Waals surface area contributed by atoms with Crippen LogP contribution in [0.2, 0.25) is 0 Å².